The molecule has 2 heterocycles. The second kappa shape index (κ2) is 10.1. The Hall–Kier alpha value is -3.12. The molecule has 0 atom stereocenters. The third-order valence-electron chi connectivity index (χ3n) is 4.21. The van der Waals surface area contributed by atoms with Crippen molar-refractivity contribution in [2.45, 2.75) is 33.4 Å². The number of aromatic nitrogens is 3. The largest absolute Gasteiger partial charge is 0.501 e. The second-order valence-electron chi connectivity index (χ2n) is 7.04. The predicted octanol–water partition coefficient (Wildman–Crippen LogP) is 4.80. The Bertz CT molecular complexity index is 1030. The third-order valence-corrected chi connectivity index (χ3v) is 4.44. The van der Waals surface area contributed by atoms with Gasteiger partial charge < -0.3 is 14.6 Å². The van der Waals surface area contributed by atoms with Crippen molar-refractivity contribution in [3.05, 3.63) is 65.8 Å². The van der Waals surface area contributed by atoms with E-state index in [-0.39, 0.29) is 18.5 Å². The number of rotatable bonds is 8. The first-order valence-corrected chi connectivity index (χ1v) is 10.2. The van der Waals surface area contributed by atoms with Crippen LogP contribution in [0.2, 0.25) is 5.02 Å². The first kappa shape index (κ1) is 21.6. The highest BCUT2D eigenvalue weighted by molar-refractivity contribution is 6.30. The monoisotopic (exact) mass is 424 g/mol. The molecule has 0 aliphatic rings. The van der Waals surface area contributed by atoms with Gasteiger partial charge in [-0.3, -0.25) is 9.78 Å². The molecule has 0 saturated heterocycles. The maximum atomic E-state index is 12.4. The zero-order chi connectivity index (χ0) is 21.5. The minimum atomic E-state index is -0.0771. The molecule has 0 unspecified atom stereocenters. The molecule has 0 spiro atoms. The van der Waals surface area contributed by atoms with Crippen LogP contribution in [0.1, 0.15) is 26.5 Å². The second-order valence-corrected chi connectivity index (χ2v) is 7.48. The van der Waals surface area contributed by atoms with Crippen LogP contribution in [0.3, 0.4) is 0 Å². The summed E-state index contributed by atoms with van der Waals surface area (Å²) in [6, 6.07) is 11.3. The number of carbonyl (C=O) groups excluding carboxylic acids is 1. The molecule has 0 aliphatic carbocycles. The molecular weight excluding hydrogens is 400 g/mol. The maximum Gasteiger partial charge on any atom is 0.240 e. The van der Waals surface area contributed by atoms with Crippen molar-refractivity contribution in [3.63, 3.8) is 0 Å². The molecule has 6 nitrogen and oxygen atoms in total. The van der Waals surface area contributed by atoms with Crippen LogP contribution >= 0.6 is 11.6 Å². The van der Waals surface area contributed by atoms with E-state index >= 15 is 0 Å². The number of ether oxygens (including phenoxy) is 1. The average molecular weight is 425 g/mol. The minimum absolute atomic E-state index is 0.0663. The van der Waals surface area contributed by atoms with E-state index in [9.17, 15) is 4.79 Å². The zero-order valence-corrected chi connectivity index (χ0v) is 18.1. The van der Waals surface area contributed by atoms with Gasteiger partial charge in [0.25, 0.3) is 0 Å². The molecule has 1 aromatic carbocycles. The van der Waals surface area contributed by atoms with Crippen LogP contribution in [0.5, 0.6) is 0 Å². The summed E-state index contributed by atoms with van der Waals surface area (Å²) in [6.07, 6.45) is 7.05. The summed E-state index contributed by atoms with van der Waals surface area (Å²) in [7, 11) is 0. The summed E-state index contributed by atoms with van der Waals surface area (Å²) in [5.41, 5.74) is 3.22. The fourth-order valence-corrected chi connectivity index (χ4v) is 3.12. The number of nitrogens with one attached hydrogen (secondary N) is 1. The first-order valence-electron chi connectivity index (χ1n) is 9.83. The lowest BCUT2D eigenvalue weighted by Crippen LogP contribution is -2.33. The zero-order valence-electron chi connectivity index (χ0n) is 17.3. The number of carbonyl (C=O) groups is 1. The maximum absolute atomic E-state index is 12.4. The highest BCUT2D eigenvalue weighted by Crippen LogP contribution is 2.26. The van der Waals surface area contributed by atoms with E-state index in [1.807, 2.05) is 67.9 Å². The molecule has 0 aliphatic heterocycles. The Balaban J connectivity index is 1.93. The van der Waals surface area contributed by atoms with Crippen molar-refractivity contribution in [2.75, 3.05) is 6.61 Å². The molecule has 30 heavy (non-hydrogen) atoms. The molecule has 0 fully saturated rings. The molecule has 0 radical (unpaired) electrons. The van der Waals surface area contributed by atoms with Gasteiger partial charge in [-0.05, 0) is 51.1 Å². The van der Waals surface area contributed by atoms with Gasteiger partial charge >= 0.3 is 0 Å². The molecule has 0 saturated carbocycles. The molecule has 3 rings (SSSR count). The van der Waals surface area contributed by atoms with Crippen LogP contribution in [0.15, 0.2) is 55.1 Å². The first-order chi connectivity index (χ1) is 14.5. The Labute approximate surface area is 181 Å². The molecule has 156 valence electrons. The van der Waals surface area contributed by atoms with Gasteiger partial charge in [0.1, 0.15) is 12.4 Å². The van der Waals surface area contributed by atoms with Crippen LogP contribution in [-0.2, 0) is 16.1 Å². The van der Waals surface area contributed by atoms with Gasteiger partial charge in [0.15, 0.2) is 0 Å². The van der Waals surface area contributed by atoms with E-state index in [1.54, 1.807) is 18.5 Å². The van der Waals surface area contributed by atoms with E-state index in [1.165, 1.54) is 0 Å². The van der Waals surface area contributed by atoms with E-state index in [2.05, 4.69) is 10.3 Å². The van der Waals surface area contributed by atoms with Gasteiger partial charge in [0.05, 0.1) is 24.3 Å². The van der Waals surface area contributed by atoms with Crippen LogP contribution in [-0.4, -0.2) is 33.1 Å². The number of nitrogens with zero attached hydrogens (tertiary/aromatic N) is 3. The van der Waals surface area contributed by atoms with Crippen molar-refractivity contribution in [1.29, 1.82) is 0 Å². The molecule has 1 N–H and O–H groups in total. The van der Waals surface area contributed by atoms with E-state index < -0.39 is 0 Å². The van der Waals surface area contributed by atoms with Crippen LogP contribution in [0.4, 0.5) is 0 Å². The van der Waals surface area contributed by atoms with Crippen molar-refractivity contribution in [2.24, 2.45) is 0 Å². The number of hydrogen-bond donors (Lipinski definition) is 1. The van der Waals surface area contributed by atoms with Gasteiger partial charge in [0, 0.05) is 34.6 Å². The lowest BCUT2D eigenvalue weighted by molar-refractivity contribution is -0.122. The topological polar surface area (TPSA) is 69.0 Å². The Morgan fingerprint density at radius 1 is 1.27 bits per heavy atom. The summed E-state index contributed by atoms with van der Waals surface area (Å²) < 4.78 is 7.04. The fourth-order valence-electron chi connectivity index (χ4n) is 2.93. The van der Waals surface area contributed by atoms with Gasteiger partial charge in [-0.25, -0.2) is 4.98 Å². The lowest BCUT2D eigenvalue weighted by atomic mass is 10.2. The normalized spacial score (nSPS) is 11.2. The standard InChI is InChI=1S/C23H25ClN4O2/c1-4-30-11-10-20-9-8-18(13-25-20)21-14-28(15-22(29)26-16(2)3)23(27-21)17-6-5-7-19(24)12-17/h5-14,16H,4,15H2,1-3H3,(H,26,29)/b11-10-. The Morgan fingerprint density at radius 2 is 2.10 bits per heavy atom. The summed E-state index contributed by atoms with van der Waals surface area (Å²) in [5, 5.41) is 3.53. The Kier molecular flexibility index (Phi) is 7.25. The van der Waals surface area contributed by atoms with Gasteiger partial charge in [-0.15, -0.1) is 0 Å². The van der Waals surface area contributed by atoms with Gasteiger partial charge in [-0.1, -0.05) is 23.7 Å². The molecule has 0 bridgehead atoms. The molecular formula is C23H25ClN4O2. The highest BCUT2D eigenvalue weighted by atomic mass is 35.5. The fraction of sp³-hybridized carbons (Fsp3) is 0.261. The third kappa shape index (κ3) is 5.70. The summed E-state index contributed by atoms with van der Waals surface area (Å²) in [4.78, 5) is 21.6. The van der Waals surface area contributed by atoms with Crippen molar-refractivity contribution < 1.29 is 9.53 Å². The van der Waals surface area contributed by atoms with Crippen molar-refractivity contribution in [3.8, 4) is 22.6 Å². The Morgan fingerprint density at radius 3 is 2.77 bits per heavy atom. The number of imidazole rings is 1. The minimum Gasteiger partial charge on any atom is -0.501 e. The van der Waals surface area contributed by atoms with E-state index in [4.69, 9.17) is 21.3 Å². The van der Waals surface area contributed by atoms with Crippen LogP contribution in [0, 0.1) is 0 Å². The van der Waals surface area contributed by atoms with Crippen molar-refractivity contribution in [1.82, 2.24) is 19.9 Å². The van der Waals surface area contributed by atoms with E-state index in [0.717, 1.165) is 22.5 Å². The number of pyridine rings is 1. The summed E-state index contributed by atoms with van der Waals surface area (Å²) >= 11 is 6.17. The number of benzene rings is 1. The number of amides is 1. The van der Waals surface area contributed by atoms with Crippen molar-refractivity contribution >= 4 is 23.6 Å². The van der Waals surface area contributed by atoms with Gasteiger partial charge in [-0.2, -0.15) is 0 Å². The smallest absolute Gasteiger partial charge is 0.240 e. The summed E-state index contributed by atoms with van der Waals surface area (Å²) in [6.45, 7) is 6.57. The number of halogens is 1. The summed E-state index contributed by atoms with van der Waals surface area (Å²) in [5.74, 6) is 0.596. The predicted molar refractivity (Wildman–Crippen MR) is 120 cm³/mol. The van der Waals surface area contributed by atoms with Gasteiger partial charge in [0.2, 0.25) is 5.91 Å². The van der Waals surface area contributed by atoms with E-state index in [0.29, 0.717) is 17.5 Å². The van der Waals surface area contributed by atoms with Crippen LogP contribution in [0.25, 0.3) is 28.7 Å². The highest BCUT2D eigenvalue weighted by Gasteiger charge is 2.15. The SMILES string of the molecule is CCO/C=C\c1ccc(-c2cn(CC(=O)NC(C)C)c(-c3cccc(Cl)c3)n2)cn1. The van der Waals surface area contributed by atoms with Crippen LogP contribution < -0.4 is 5.32 Å². The average Bonchev–Trinajstić information content (AvgIpc) is 3.11. The molecule has 3 aromatic rings. The molecule has 7 heteroatoms. The molecule has 1 amide bonds. The quantitative estimate of drug-likeness (QED) is 0.527. The lowest BCUT2D eigenvalue weighted by Gasteiger charge is -2.11. The number of hydrogen-bond acceptors (Lipinski definition) is 4. The molecule has 2 aromatic heterocycles.